The summed E-state index contributed by atoms with van der Waals surface area (Å²) in [6, 6.07) is 4.91. The van der Waals surface area contributed by atoms with E-state index in [2.05, 4.69) is 43.9 Å². The molecule has 0 radical (unpaired) electrons. The summed E-state index contributed by atoms with van der Waals surface area (Å²) in [5.41, 5.74) is 4.49. The third-order valence-corrected chi connectivity index (χ3v) is 6.41. The van der Waals surface area contributed by atoms with Crippen LogP contribution in [0.25, 0.3) is 5.57 Å². The van der Waals surface area contributed by atoms with Crippen molar-refractivity contribution in [3.63, 3.8) is 0 Å². The smallest absolute Gasteiger partial charge is 0.410 e. The largest absolute Gasteiger partial charge is 0.493 e. The number of anilines is 1. The quantitative estimate of drug-likeness (QED) is 0.573. The molecule has 3 aliphatic rings. The van der Waals surface area contributed by atoms with Crippen LogP contribution in [0.1, 0.15) is 71.9 Å². The Morgan fingerprint density at radius 2 is 1.97 bits per heavy atom. The van der Waals surface area contributed by atoms with Gasteiger partial charge >= 0.3 is 6.09 Å². The van der Waals surface area contributed by atoms with Crippen LogP contribution in [0, 0.1) is 0 Å². The number of epoxide rings is 1. The van der Waals surface area contributed by atoms with Crippen LogP contribution in [-0.4, -0.2) is 54.7 Å². The normalized spacial score (nSPS) is 25.2. The summed E-state index contributed by atoms with van der Waals surface area (Å²) in [6.07, 6.45) is 6.23. The molecule has 0 N–H and O–H groups in total. The average Bonchev–Trinajstić information content (AvgIpc) is 3.46. The van der Waals surface area contributed by atoms with Gasteiger partial charge in [0.05, 0.1) is 6.61 Å². The van der Waals surface area contributed by atoms with Crippen molar-refractivity contribution < 1.29 is 19.0 Å². The first kappa shape index (κ1) is 23.0. The summed E-state index contributed by atoms with van der Waals surface area (Å²) < 4.78 is 17.8. The lowest BCUT2D eigenvalue weighted by Gasteiger charge is -2.37. The molecule has 0 aliphatic carbocycles. The second kappa shape index (κ2) is 8.97. The Hall–Kier alpha value is -2.21. The van der Waals surface area contributed by atoms with Crippen molar-refractivity contribution in [1.29, 1.82) is 0 Å². The highest BCUT2D eigenvalue weighted by Gasteiger charge is 2.44. The molecule has 1 amide bonds. The Balaban J connectivity index is 1.61. The lowest BCUT2D eigenvalue weighted by atomic mass is 9.90. The lowest BCUT2D eigenvalue weighted by molar-refractivity contribution is 0.0270. The summed E-state index contributed by atoms with van der Waals surface area (Å²) in [5, 5.41) is 0. The van der Waals surface area contributed by atoms with Crippen molar-refractivity contribution in [2.75, 3.05) is 24.6 Å². The number of amides is 1. The van der Waals surface area contributed by atoms with Crippen LogP contribution in [0.5, 0.6) is 5.75 Å². The van der Waals surface area contributed by atoms with Crippen LogP contribution >= 0.6 is 0 Å². The van der Waals surface area contributed by atoms with E-state index in [1.807, 2.05) is 20.8 Å². The zero-order chi connectivity index (χ0) is 23.0. The molecule has 3 atom stereocenters. The maximum absolute atomic E-state index is 12.5. The number of fused-ring (bicyclic) bond motifs is 1. The van der Waals surface area contributed by atoms with Crippen molar-refractivity contribution >= 4 is 17.4 Å². The Morgan fingerprint density at radius 3 is 2.56 bits per heavy atom. The summed E-state index contributed by atoms with van der Waals surface area (Å²) in [4.78, 5) is 16.7. The molecule has 1 saturated heterocycles. The molecule has 0 spiro atoms. The first-order valence-electron chi connectivity index (χ1n) is 12.1. The highest BCUT2D eigenvalue weighted by atomic mass is 16.6. The van der Waals surface area contributed by atoms with Crippen molar-refractivity contribution in [3.05, 3.63) is 29.3 Å². The summed E-state index contributed by atoms with van der Waals surface area (Å²) in [5.74, 6) is 1.02. The first-order chi connectivity index (χ1) is 15.2. The molecule has 0 saturated carbocycles. The Kier molecular flexibility index (Phi) is 6.44. The van der Waals surface area contributed by atoms with E-state index >= 15 is 0 Å². The van der Waals surface area contributed by atoms with Crippen LogP contribution in [0.3, 0.4) is 0 Å². The molecule has 2 unspecified atom stereocenters. The topological polar surface area (TPSA) is 54.5 Å². The molecule has 1 aromatic carbocycles. The van der Waals surface area contributed by atoms with E-state index in [1.165, 1.54) is 22.4 Å². The number of rotatable bonds is 5. The van der Waals surface area contributed by atoms with Crippen LogP contribution in [0.2, 0.25) is 0 Å². The first-order valence-corrected chi connectivity index (χ1v) is 12.1. The van der Waals surface area contributed by atoms with Gasteiger partial charge in [-0.15, -0.1) is 0 Å². The molecule has 32 heavy (non-hydrogen) atoms. The second-order valence-electron chi connectivity index (χ2n) is 10.2. The van der Waals surface area contributed by atoms with Crippen molar-refractivity contribution in [3.8, 4) is 5.75 Å². The van der Waals surface area contributed by atoms with Crippen molar-refractivity contribution in [2.45, 2.75) is 91.2 Å². The van der Waals surface area contributed by atoms with Crippen molar-refractivity contribution in [1.82, 2.24) is 4.90 Å². The molecule has 176 valence electrons. The van der Waals surface area contributed by atoms with E-state index in [1.54, 1.807) is 4.90 Å². The second-order valence-corrected chi connectivity index (χ2v) is 10.2. The molecule has 6 heteroatoms. The number of nitrogens with zero attached hydrogens (tertiary/aromatic N) is 2. The number of hydrogen-bond donors (Lipinski definition) is 0. The summed E-state index contributed by atoms with van der Waals surface area (Å²) >= 11 is 0. The Labute approximate surface area is 192 Å². The van der Waals surface area contributed by atoms with Gasteiger partial charge in [-0.05, 0) is 78.0 Å². The Bertz CT molecular complexity index is 889. The number of carbonyl (C=O) groups excluding carboxylic acids is 1. The fraction of sp³-hybridized carbons (Fsp3) is 0.654. The fourth-order valence-corrected chi connectivity index (χ4v) is 4.71. The molecular formula is C26H38N2O4. The minimum absolute atomic E-state index is 0.171. The van der Waals surface area contributed by atoms with Gasteiger partial charge in [-0.25, -0.2) is 4.79 Å². The minimum atomic E-state index is -0.480. The van der Waals surface area contributed by atoms with Gasteiger partial charge in [-0.2, -0.15) is 0 Å². The van der Waals surface area contributed by atoms with E-state index in [4.69, 9.17) is 14.2 Å². The fourth-order valence-electron chi connectivity index (χ4n) is 4.71. The van der Waals surface area contributed by atoms with Gasteiger partial charge in [-0.1, -0.05) is 13.0 Å². The van der Waals surface area contributed by atoms with Gasteiger partial charge in [0.2, 0.25) is 0 Å². The van der Waals surface area contributed by atoms with Crippen LogP contribution in [0.4, 0.5) is 10.5 Å². The third-order valence-electron chi connectivity index (χ3n) is 6.41. The van der Waals surface area contributed by atoms with E-state index in [0.29, 0.717) is 25.7 Å². The monoisotopic (exact) mass is 442 g/mol. The van der Waals surface area contributed by atoms with Gasteiger partial charge in [-0.3, -0.25) is 0 Å². The molecule has 0 aromatic heterocycles. The highest BCUT2D eigenvalue weighted by Crippen LogP contribution is 2.45. The van der Waals surface area contributed by atoms with E-state index in [0.717, 1.165) is 31.4 Å². The molecule has 0 bridgehead atoms. The maximum atomic E-state index is 12.5. The Morgan fingerprint density at radius 1 is 1.22 bits per heavy atom. The zero-order valence-electron chi connectivity index (χ0n) is 20.4. The van der Waals surface area contributed by atoms with Crippen molar-refractivity contribution in [2.24, 2.45) is 0 Å². The molecule has 3 aliphatic heterocycles. The third kappa shape index (κ3) is 4.75. The maximum Gasteiger partial charge on any atom is 0.410 e. The number of hydrogen-bond acceptors (Lipinski definition) is 5. The van der Waals surface area contributed by atoms with E-state index < -0.39 is 5.60 Å². The summed E-state index contributed by atoms with van der Waals surface area (Å²) in [7, 11) is 0. The van der Waals surface area contributed by atoms with Gasteiger partial charge in [0, 0.05) is 35.9 Å². The molecule has 4 rings (SSSR count). The standard InChI is InChI=1S/C26H38N2O4/c1-7-16-30-23-20(19-12-14-27(15-13-19)25(29)32-26(4,5)6)10-11-22-21(23)9-8-17(2)28(22)24-18(3)31-24/h10-12,17-18,24H,7-9,13-16H2,1-6H3/t17-,18?,24?/m0/s1. The van der Waals surface area contributed by atoms with Gasteiger partial charge in [0.25, 0.3) is 0 Å². The zero-order valence-corrected chi connectivity index (χ0v) is 20.4. The predicted molar refractivity (Wildman–Crippen MR) is 127 cm³/mol. The number of carbonyl (C=O) groups is 1. The predicted octanol–water partition coefficient (Wildman–Crippen LogP) is 5.39. The van der Waals surface area contributed by atoms with Crippen LogP contribution in [0.15, 0.2) is 18.2 Å². The minimum Gasteiger partial charge on any atom is -0.493 e. The van der Waals surface area contributed by atoms with E-state index in [9.17, 15) is 4.79 Å². The average molecular weight is 443 g/mol. The molecule has 3 heterocycles. The number of ether oxygens (including phenoxy) is 3. The summed E-state index contributed by atoms with van der Waals surface area (Å²) in [6.45, 7) is 14.2. The van der Waals surface area contributed by atoms with Gasteiger partial charge in [0.1, 0.15) is 17.5 Å². The molecule has 6 nitrogen and oxygen atoms in total. The molecular weight excluding hydrogens is 404 g/mol. The van der Waals surface area contributed by atoms with Crippen LogP contribution in [-0.2, 0) is 15.9 Å². The van der Waals surface area contributed by atoms with Gasteiger partial charge < -0.3 is 24.0 Å². The van der Waals surface area contributed by atoms with Gasteiger partial charge in [0.15, 0.2) is 6.23 Å². The highest BCUT2D eigenvalue weighted by molar-refractivity contribution is 5.79. The van der Waals surface area contributed by atoms with Crippen LogP contribution < -0.4 is 9.64 Å². The SMILES string of the molecule is CCCOc1c(C2=CCN(C(=O)OC(C)(C)C)CC2)ccc2c1CC[C@H](C)N2C1OC1C. The molecule has 1 fully saturated rings. The lowest BCUT2D eigenvalue weighted by Crippen LogP contribution is -2.40. The van der Waals surface area contributed by atoms with E-state index in [-0.39, 0.29) is 18.4 Å². The molecule has 1 aromatic rings. The number of benzene rings is 1.